The highest BCUT2D eigenvalue weighted by Gasteiger charge is 2.35. The molecule has 0 unspecified atom stereocenters. The molecule has 0 spiro atoms. The maximum Gasteiger partial charge on any atom is 0.261 e. The zero-order chi connectivity index (χ0) is 19.7. The van der Waals surface area contributed by atoms with E-state index in [1.165, 1.54) is 34.4 Å². The molecule has 7 nitrogen and oxygen atoms in total. The second-order valence-corrected chi connectivity index (χ2v) is 7.52. The van der Waals surface area contributed by atoms with Gasteiger partial charge >= 0.3 is 0 Å². The number of amides is 3. The summed E-state index contributed by atoms with van der Waals surface area (Å²) in [5.74, 6) is -1.11. The Labute approximate surface area is 165 Å². The van der Waals surface area contributed by atoms with Crippen LogP contribution in [0.5, 0.6) is 0 Å². The van der Waals surface area contributed by atoms with E-state index in [1.807, 2.05) is 30.3 Å². The summed E-state index contributed by atoms with van der Waals surface area (Å²) in [5, 5.41) is 11.5. The first kappa shape index (κ1) is 18.0. The number of fused-ring (bicyclic) bond motifs is 1. The molecule has 3 aromatic rings. The van der Waals surface area contributed by atoms with Crippen molar-refractivity contribution >= 4 is 34.2 Å². The number of anilines is 1. The minimum atomic E-state index is -0.401. The highest BCUT2D eigenvalue weighted by molar-refractivity contribution is 7.15. The Morgan fingerprint density at radius 3 is 2.50 bits per heavy atom. The first-order chi connectivity index (χ1) is 13.5. The predicted octanol–water partition coefficient (Wildman–Crippen LogP) is 2.94. The topological polar surface area (TPSA) is 92.3 Å². The van der Waals surface area contributed by atoms with Crippen molar-refractivity contribution in [3.05, 3.63) is 75.8 Å². The maximum atomic E-state index is 12.7. The van der Waals surface area contributed by atoms with Crippen molar-refractivity contribution in [1.82, 2.24) is 15.1 Å². The van der Waals surface area contributed by atoms with Crippen molar-refractivity contribution in [2.75, 3.05) is 11.9 Å². The van der Waals surface area contributed by atoms with Crippen molar-refractivity contribution in [3.8, 4) is 0 Å². The second kappa shape index (κ2) is 7.32. The number of benzene rings is 2. The van der Waals surface area contributed by atoms with Gasteiger partial charge in [-0.3, -0.25) is 24.6 Å². The number of rotatable bonds is 5. The number of carbonyl (C=O) groups excluding carboxylic acids is 3. The van der Waals surface area contributed by atoms with Crippen molar-refractivity contribution in [2.24, 2.45) is 0 Å². The van der Waals surface area contributed by atoms with Crippen LogP contribution in [0.25, 0.3) is 0 Å². The van der Waals surface area contributed by atoms with Gasteiger partial charge in [0.05, 0.1) is 11.1 Å². The molecule has 3 amide bonds. The zero-order valence-electron chi connectivity index (χ0n) is 15.0. The molecule has 0 fully saturated rings. The molecule has 1 aliphatic heterocycles. The van der Waals surface area contributed by atoms with Crippen LogP contribution in [0.15, 0.2) is 48.5 Å². The predicted molar refractivity (Wildman–Crippen MR) is 105 cm³/mol. The molecule has 1 aliphatic rings. The van der Waals surface area contributed by atoms with E-state index in [0.717, 1.165) is 10.6 Å². The fraction of sp³-hybridized carbons (Fsp3) is 0.150. The Bertz CT molecular complexity index is 1080. The lowest BCUT2D eigenvalue weighted by atomic mass is 10.1. The molecular weight excluding hydrogens is 376 g/mol. The number of hydrogen-bond donors (Lipinski definition) is 1. The Kier molecular flexibility index (Phi) is 4.70. The fourth-order valence-electron chi connectivity index (χ4n) is 3.04. The van der Waals surface area contributed by atoms with Crippen molar-refractivity contribution in [2.45, 2.75) is 13.3 Å². The van der Waals surface area contributed by atoms with Gasteiger partial charge in [0.25, 0.3) is 17.7 Å². The monoisotopic (exact) mass is 392 g/mol. The molecule has 0 bridgehead atoms. The van der Waals surface area contributed by atoms with Gasteiger partial charge < -0.3 is 0 Å². The number of imide groups is 1. The van der Waals surface area contributed by atoms with Gasteiger partial charge in [-0.25, -0.2) is 0 Å². The van der Waals surface area contributed by atoms with Crippen molar-refractivity contribution in [1.29, 1.82) is 0 Å². The summed E-state index contributed by atoms with van der Waals surface area (Å²) in [4.78, 5) is 39.0. The first-order valence-electron chi connectivity index (χ1n) is 8.68. The molecular formula is C20H16N4O3S. The van der Waals surface area contributed by atoms with Crippen LogP contribution in [0.4, 0.5) is 5.13 Å². The fourth-order valence-corrected chi connectivity index (χ4v) is 3.62. The van der Waals surface area contributed by atoms with E-state index >= 15 is 0 Å². The largest absolute Gasteiger partial charge is 0.296 e. The number of aryl methyl sites for hydroxylation is 1. The summed E-state index contributed by atoms with van der Waals surface area (Å²) in [5.41, 5.74) is 1.91. The number of nitrogens with zero attached hydrogens (tertiary/aromatic N) is 3. The first-order valence-corrected chi connectivity index (χ1v) is 9.50. The average molecular weight is 392 g/mol. The minimum absolute atomic E-state index is 0.249. The van der Waals surface area contributed by atoms with Gasteiger partial charge in [-0.15, -0.1) is 10.2 Å². The molecule has 0 radical (unpaired) electrons. The molecule has 0 saturated heterocycles. The van der Waals surface area contributed by atoms with E-state index in [2.05, 4.69) is 15.5 Å². The Morgan fingerprint density at radius 2 is 1.79 bits per heavy atom. The smallest absolute Gasteiger partial charge is 0.261 e. The molecule has 28 heavy (non-hydrogen) atoms. The number of carbonyl (C=O) groups is 3. The molecule has 0 saturated carbocycles. The third-order valence-corrected chi connectivity index (χ3v) is 5.20. The summed E-state index contributed by atoms with van der Waals surface area (Å²) >= 11 is 1.26. The Morgan fingerprint density at radius 1 is 1.04 bits per heavy atom. The lowest BCUT2D eigenvalue weighted by Crippen LogP contribution is -2.31. The van der Waals surface area contributed by atoms with Gasteiger partial charge in [0.1, 0.15) is 5.01 Å². The van der Waals surface area contributed by atoms with Crippen LogP contribution in [0.2, 0.25) is 0 Å². The van der Waals surface area contributed by atoms with Crippen LogP contribution < -0.4 is 5.32 Å². The molecule has 8 heteroatoms. The van der Waals surface area contributed by atoms with Crippen molar-refractivity contribution in [3.63, 3.8) is 0 Å². The molecule has 2 heterocycles. The third-order valence-electron chi connectivity index (χ3n) is 4.45. The summed E-state index contributed by atoms with van der Waals surface area (Å²) in [7, 11) is 0. The highest BCUT2D eigenvalue weighted by Crippen LogP contribution is 2.25. The van der Waals surface area contributed by atoms with Crippen LogP contribution in [-0.4, -0.2) is 39.4 Å². The summed E-state index contributed by atoms with van der Waals surface area (Å²) in [6.07, 6.45) is 0.579. The van der Waals surface area contributed by atoms with Crippen LogP contribution in [0.3, 0.4) is 0 Å². The summed E-state index contributed by atoms with van der Waals surface area (Å²) < 4.78 is 0. The quantitative estimate of drug-likeness (QED) is 0.674. The van der Waals surface area contributed by atoms with E-state index in [1.54, 1.807) is 6.92 Å². The SMILES string of the molecule is Cc1nnc(NC(=O)c2ccc3c(c2)C(=O)N(CCc2ccccc2)C3=O)s1. The summed E-state index contributed by atoms with van der Waals surface area (Å²) in [6.45, 7) is 2.08. The van der Waals surface area contributed by atoms with Gasteiger partial charge in [0.15, 0.2) is 0 Å². The summed E-state index contributed by atoms with van der Waals surface area (Å²) in [6, 6.07) is 14.2. The van der Waals surface area contributed by atoms with E-state index < -0.39 is 5.91 Å². The van der Waals surface area contributed by atoms with Crippen LogP contribution in [0.1, 0.15) is 41.6 Å². The van der Waals surface area contributed by atoms with Gasteiger partial charge in [-0.05, 0) is 37.1 Å². The van der Waals surface area contributed by atoms with E-state index in [-0.39, 0.29) is 22.9 Å². The lowest BCUT2D eigenvalue weighted by Gasteiger charge is -2.13. The van der Waals surface area contributed by atoms with Crippen LogP contribution in [-0.2, 0) is 6.42 Å². The number of hydrogen-bond acceptors (Lipinski definition) is 6. The lowest BCUT2D eigenvalue weighted by molar-refractivity contribution is 0.0656. The van der Waals surface area contributed by atoms with Crippen molar-refractivity contribution < 1.29 is 14.4 Å². The average Bonchev–Trinajstić information content (AvgIpc) is 3.22. The number of nitrogens with one attached hydrogen (secondary N) is 1. The van der Waals surface area contributed by atoms with E-state index in [4.69, 9.17) is 0 Å². The molecule has 4 rings (SSSR count). The molecule has 1 aromatic heterocycles. The number of aromatic nitrogens is 2. The normalized spacial score (nSPS) is 13.0. The second-order valence-electron chi connectivity index (χ2n) is 6.34. The van der Waals surface area contributed by atoms with Gasteiger partial charge in [0.2, 0.25) is 5.13 Å². The van der Waals surface area contributed by atoms with Gasteiger partial charge in [-0.1, -0.05) is 41.7 Å². The van der Waals surface area contributed by atoms with Gasteiger partial charge in [0, 0.05) is 12.1 Å². The molecule has 1 N–H and O–H groups in total. The molecule has 2 aromatic carbocycles. The van der Waals surface area contributed by atoms with E-state index in [9.17, 15) is 14.4 Å². The van der Waals surface area contributed by atoms with Crippen LogP contribution in [0, 0.1) is 6.92 Å². The molecule has 140 valence electrons. The molecule has 0 atom stereocenters. The maximum absolute atomic E-state index is 12.7. The Hall–Kier alpha value is -3.39. The third kappa shape index (κ3) is 3.41. The molecule has 0 aliphatic carbocycles. The Balaban J connectivity index is 1.51. The zero-order valence-corrected chi connectivity index (χ0v) is 15.8. The standard InChI is InChI=1S/C20H16N4O3S/c1-12-22-23-20(28-12)21-17(25)14-7-8-15-16(11-14)19(27)24(18(15)26)10-9-13-5-3-2-4-6-13/h2-8,11H,9-10H2,1H3,(H,21,23,25). The van der Waals surface area contributed by atoms with Gasteiger partial charge in [-0.2, -0.15) is 0 Å². The van der Waals surface area contributed by atoms with Crippen LogP contribution >= 0.6 is 11.3 Å². The minimum Gasteiger partial charge on any atom is -0.296 e. The highest BCUT2D eigenvalue weighted by atomic mass is 32.1. The van der Waals surface area contributed by atoms with E-state index in [0.29, 0.717) is 23.7 Å².